The van der Waals surface area contributed by atoms with Crippen molar-refractivity contribution in [1.29, 1.82) is 0 Å². The average molecular weight is 521 g/mol. The van der Waals surface area contributed by atoms with Crippen molar-refractivity contribution in [1.82, 2.24) is 0 Å². The topological polar surface area (TPSA) is 35.5 Å². The van der Waals surface area contributed by atoms with Crippen molar-refractivity contribution in [3.63, 3.8) is 0 Å². The maximum absolute atomic E-state index is 12.8. The molecule has 1 fully saturated rings. The fourth-order valence-corrected chi connectivity index (χ4v) is 10.4. The molecule has 0 aromatic heterocycles. The highest BCUT2D eigenvalue weighted by molar-refractivity contribution is 6.99. The van der Waals surface area contributed by atoms with Crippen LogP contribution in [0.5, 0.6) is 0 Å². The molecule has 0 unspecified atom stereocenters. The lowest BCUT2D eigenvalue weighted by Gasteiger charge is -2.46. The van der Waals surface area contributed by atoms with Crippen LogP contribution in [-0.2, 0) is 14.0 Å². The maximum atomic E-state index is 12.8. The van der Waals surface area contributed by atoms with E-state index in [4.69, 9.17) is 9.16 Å². The standard InChI is InChI=1S/C33H48O3Si/c1-25(2)30(31(34)35-32(3,4)5)23-22-26-16-15-17-27(24-26)36-37(33(6,7)8,28-18-11-9-12-19-28)29-20-13-10-14-21-29/h9-14,18-21,23,25-27H,15-17,22,24H2,1-8H3/t26-,27-/m1/s1. The van der Waals surface area contributed by atoms with Gasteiger partial charge in [-0.05, 0) is 73.7 Å². The number of esters is 1. The van der Waals surface area contributed by atoms with Gasteiger partial charge in [-0.1, -0.05) is 108 Å². The molecule has 2 aromatic carbocycles. The second-order valence-corrected chi connectivity index (χ2v) is 17.2. The largest absolute Gasteiger partial charge is 0.457 e. The third-order valence-electron chi connectivity index (χ3n) is 7.42. The molecule has 1 aliphatic carbocycles. The molecule has 0 bridgehead atoms. The Bertz CT molecular complexity index is 989. The van der Waals surface area contributed by atoms with E-state index in [0.29, 0.717) is 5.92 Å². The van der Waals surface area contributed by atoms with Crippen LogP contribution >= 0.6 is 0 Å². The zero-order valence-electron chi connectivity index (χ0n) is 24.3. The molecule has 1 saturated carbocycles. The smallest absolute Gasteiger partial charge is 0.334 e. The lowest BCUT2D eigenvalue weighted by Crippen LogP contribution is -2.67. The van der Waals surface area contributed by atoms with Crippen LogP contribution in [0, 0.1) is 11.8 Å². The van der Waals surface area contributed by atoms with Gasteiger partial charge in [-0.15, -0.1) is 0 Å². The summed E-state index contributed by atoms with van der Waals surface area (Å²) in [6.45, 7) is 17.0. The number of rotatable bonds is 8. The minimum atomic E-state index is -2.56. The molecule has 4 heteroatoms. The molecular formula is C33H48O3Si. The predicted octanol–water partition coefficient (Wildman–Crippen LogP) is 7.44. The summed E-state index contributed by atoms with van der Waals surface area (Å²) in [5.41, 5.74) is 0.315. The molecule has 202 valence electrons. The quantitative estimate of drug-likeness (QED) is 0.206. The van der Waals surface area contributed by atoms with Crippen molar-refractivity contribution in [3.05, 3.63) is 72.3 Å². The van der Waals surface area contributed by atoms with Crippen molar-refractivity contribution in [2.45, 2.75) is 104 Å². The van der Waals surface area contributed by atoms with E-state index in [1.54, 1.807) is 0 Å². The van der Waals surface area contributed by atoms with Crippen LogP contribution in [0.4, 0.5) is 0 Å². The molecule has 0 heterocycles. The molecule has 0 spiro atoms. The number of carbonyl (C=O) groups excluding carboxylic acids is 1. The Morgan fingerprint density at radius 1 is 0.919 bits per heavy atom. The predicted molar refractivity (Wildman–Crippen MR) is 158 cm³/mol. The van der Waals surface area contributed by atoms with Gasteiger partial charge < -0.3 is 9.16 Å². The number of hydrogen-bond donors (Lipinski definition) is 0. The highest BCUT2D eigenvalue weighted by Gasteiger charge is 2.51. The fraction of sp³-hybridized carbons (Fsp3) is 0.545. The number of hydrogen-bond acceptors (Lipinski definition) is 3. The van der Waals surface area contributed by atoms with Gasteiger partial charge in [0.05, 0.1) is 0 Å². The fourth-order valence-electron chi connectivity index (χ4n) is 5.69. The minimum Gasteiger partial charge on any atom is -0.457 e. The molecule has 3 nitrogen and oxygen atoms in total. The number of carbonyl (C=O) groups is 1. The highest BCUT2D eigenvalue weighted by Crippen LogP contribution is 2.40. The van der Waals surface area contributed by atoms with E-state index >= 15 is 0 Å². The highest BCUT2D eigenvalue weighted by atomic mass is 28.4. The van der Waals surface area contributed by atoms with Crippen LogP contribution in [0.3, 0.4) is 0 Å². The molecular weight excluding hydrogens is 472 g/mol. The van der Waals surface area contributed by atoms with Gasteiger partial charge in [-0.2, -0.15) is 0 Å². The van der Waals surface area contributed by atoms with Gasteiger partial charge >= 0.3 is 5.97 Å². The molecule has 0 aliphatic heterocycles. The summed E-state index contributed by atoms with van der Waals surface area (Å²) in [5, 5.41) is 2.65. The first kappa shape index (κ1) is 29.4. The monoisotopic (exact) mass is 520 g/mol. The maximum Gasteiger partial charge on any atom is 0.334 e. The zero-order chi connectivity index (χ0) is 27.3. The summed E-state index contributed by atoms with van der Waals surface area (Å²) < 4.78 is 13.1. The molecule has 37 heavy (non-hydrogen) atoms. The third kappa shape index (κ3) is 7.45. The third-order valence-corrected chi connectivity index (χ3v) is 12.5. The Morgan fingerprint density at radius 3 is 1.92 bits per heavy atom. The normalized spacial score (nSPS) is 19.6. The van der Waals surface area contributed by atoms with Crippen molar-refractivity contribution >= 4 is 24.7 Å². The number of allylic oxidation sites excluding steroid dienone is 1. The van der Waals surface area contributed by atoms with Crippen LogP contribution in [0.1, 0.15) is 87.5 Å². The van der Waals surface area contributed by atoms with Crippen LogP contribution in [0.25, 0.3) is 0 Å². The van der Waals surface area contributed by atoms with E-state index in [1.165, 1.54) is 16.8 Å². The number of ether oxygens (including phenoxy) is 1. The second kappa shape index (κ2) is 12.1. The van der Waals surface area contributed by atoms with E-state index in [1.807, 2.05) is 20.8 Å². The van der Waals surface area contributed by atoms with Gasteiger partial charge in [0.25, 0.3) is 8.32 Å². The SMILES string of the molecule is CC(C)C(=CC[C@H]1CCC[C@@H](O[Si](c2ccccc2)(c2ccccc2)C(C)(C)C)C1)C(=O)OC(C)(C)C. The van der Waals surface area contributed by atoms with Gasteiger partial charge in [0, 0.05) is 11.7 Å². The zero-order valence-corrected chi connectivity index (χ0v) is 25.3. The average Bonchev–Trinajstić information content (AvgIpc) is 2.82. The Morgan fingerprint density at radius 2 is 1.46 bits per heavy atom. The van der Waals surface area contributed by atoms with Crippen molar-refractivity contribution in [2.75, 3.05) is 0 Å². The van der Waals surface area contributed by atoms with E-state index in [-0.39, 0.29) is 23.0 Å². The summed E-state index contributed by atoms with van der Waals surface area (Å²) in [7, 11) is -2.56. The lowest BCUT2D eigenvalue weighted by molar-refractivity contribution is -0.150. The van der Waals surface area contributed by atoms with Gasteiger partial charge in [-0.25, -0.2) is 4.79 Å². The van der Waals surface area contributed by atoms with Gasteiger partial charge in [0.1, 0.15) is 5.60 Å². The summed E-state index contributed by atoms with van der Waals surface area (Å²) in [5.74, 6) is 0.467. The van der Waals surface area contributed by atoms with Crippen LogP contribution in [-0.4, -0.2) is 26.0 Å². The van der Waals surface area contributed by atoms with Crippen LogP contribution in [0.2, 0.25) is 5.04 Å². The molecule has 0 radical (unpaired) electrons. The van der Waals surface area contributed by atoms with E-state index in [0.717, 1.165) is 31.3 Å². The Hall–Kier alpha value is -2.17. The van der Waals surface area contributed by atoms with Gasteiger partial charge in [-0.3, -0.25) is 0 Å². The molecule has 0 amide bonds. The molecule has 2 atom stereocenters. The van der Waals surface area contributed by atoms with E-state index in [2.05, 4.69) is 101 Å². The first-order valence-electron chi connectivity index (χ1n) is 14.1. The molecule has 3 rings (SSSR count). The molecule has 2 aromatic rings. The first-order valence-corrected chi connectivity index (χ1v) is 16.0. The summed E-state index contributed by atoms with van der Waals surface area (Å²) in [6.07, 6.45) is 7.71. The molecule has 0 N–H and O–H groups in total. The van der Waals surface area contributed by atoms with Crippen molar-refractivity contribution in [2.24, 2.45) is 11.8 Å². The Labute approximate surface area is 226 Å². The summed E-state index contributed by atoms with van der Waals surface area (Å²) in [4.78, 5) is 12.8. The van der Waals surface area contributed by atoms with Crippen LogP contribution in [0.15, 0.2) is 72.3 Å². The lowest BCUT2D eigenvalue weighted by atomic mass is 9.84. The second-order valence-electron chi connectivity index (χ2n) is 13.0. The Kier molecular flexibility index (Phi) is 9.63. The summed E-state index contributed by atoms with van der Waals surface area (Å²) in [6, 6.07) is 21.8. The van der Waals surface area contributed by atoms with Crippen molar-refractivity contribution < 1.29 is 14.0 Å². The van der Waals surface area contributed by atoms with E-state index in [9.17, 15) is 4.79 Å². The summed E-state index contributed by atoms with van der Waals surface area (Å²) >= 11 is 0. The molecule has 1 aliphatic rings. The van der Waals surface area contributed by atoms with Crippen LogP contribution < -0.4 is 10.4 Å². The minimum absolute atomic E-state index is 0.0237. The Balaban J connectivity index is 1.87. The van der Waals surface area contributed by atoms with Gasteiger partial charge in [0.2, 0.25) is 0 Å². The first-order chi connectivity index (χ1) is 17.3. The molecule has 0 saturated heterocycles. The van der Waals surface area contributed by atoms with Crippen molar-refractivity contribution in [3.8, 4) is 0 Å². The number of benzene rings is 2. The van der Waals surface area contributed by atoms with Gasteiger partial charge in [0.15, 0.2) is 0 Å². The van der Waals surface area contributed by atoms with E-state index < -0.39 is 13.9 Å².